The predicted molar refractivity (Wildman–Crippen MR) is 37.3 cm³/mol. The molecule has 0 bridgehead atoms. The average Bonchev–Trinajstić information content (AvgIpc) is 1.99. The van der Waals surface area contributed by atoms with Crippen LogP contribution in [0.15, 0.2) is 22.0 Å². The van der Waals surface area contributed by atoms with E-state index in [4.69, 9.17) is 0 Å². The van der Waals surface area contributed by atoms with Gasteiger partial charge < -0.3 is 9.55 Å². The SMILES string of the molecule is O=c1[nH]ccn(CCF)c1=O. The van der Waals surface area contributed by atoms with Crippen LogP contribution in [0.3, 0.4) is 0 Å². The Labute approximate surface area is 61.3 Å². The smallest absolute Gasteiger partial charge is 0.316 e. The van der Waals surface area contributed by atoms with Crippen LogP contribution in [0.1, 0.15) is 0 Å². The van der Waals surface area contributed by atoms with E-state index in [1.165, 1.54) is 12.4 Å². The van der Waals surface area contributed by atoms with Gasteiger partial charge in [0.15, 0.2) is 0 Å². The molecule has 0 saturated carbocycles. The van der Waals surface area contributed by atoms with Gasteiger partial charge in [0.25, 0.3) is 0 Å². The molecule has 0 unspecified atom stereocenters. The summed E-state index contributed by atoms with van der Waals surface area (Å²) in [4.78, 5) is 23.6. The molecule has 60 valence electrons. The molecule has 0 amide bonds. The van der Waals surface area contributed by atoms with Gasteiger partial charge in [-0.05, 0) is 0 Å². The van der Waals surface area contributed by atoms with Gasteiger partial charge in [-0.3, -0.25) is 9.59 Å². The first-order chi connectivity index (χ1) is 5.25. The summed E-state index contributed by atoms with van der Waals surface area (Å²) in [6, 6.07) is 0. The van der Waals surface area contributed by atoms with Crippen LogP contribution in [-0.4, -0.2) is 16.2 Å². The van der Waals surface area contributed by atoms with Gasteiger partial charge in [-0.2, -0.15) is 0 Å². The number of rotatable bonds is 2. The van der Waals surface area contributed by atoms with Gasteiger partial charge in [0.2, 0.25) is 0 Å². The normalized spacial score (nSPS) is 9.91. The summed E-state index contributed by atoms with van der Waals surface area (Å²) in [6.07, 6.45) is 2.64. The number of hydrogen-bond donors (Lipinski definition) is 1. The van der Waals surface area contributed by atoms with Crippen LogP contribution >= 0.6 is 0 Å². The third-order valence-corrected chi connectivity index (χ3v) is 1.25. The first-order valence-electron chi connectivity index (χ1n) is 3.10. The third-order valence-electron chi connectivity index (χ3n) is 1.25. The van der Waals surface area contributed by atoms with Crippen molar-refractivity contribution >= 4 is 0 Å². The van der Waals surface area contributed by atoms with Crippen molar-refractivity contribution in [3.63, 3.8) is 0 Å². The zero-order valence-electron chi connectivity index (χ0n) is 5.71. The van der Waals surface area contributed by atoms with Gasteiger partial charge in [-0.1, -0.05) is 0 Å². The maximum absolute atomic E-state index is 11.7. The summed E-state index contributed by atoms with van der Waals surface area (Å²) in [5.74, 6) is 0. The van der Waals surface area contributed by atoms with Gasteiger partial charge in [0, 0.05) is 12.4 Å². The minimum atomic E-state index is -0.721. The molecule has 0 fully saturated rings. The fourth-order valence-electron chi connectivity index (χ4n) is 0.730. The Balaban J connectivity index is 3.18. The largest absolute Gasteiger partial charge is 0.323 e. The van der Waals surface area contributed by atoms with E-state index in [2.05, 4.69) is 4.98 Å². The van der Waals surface area contributed by atoms with Gasteiger partial charge >= 0.3 is 11.1 Å². The standard InChI is InChI=1S/C6H7FN2O2/c7-1-3-9-4-2-8-5(10)6(9)11/h2,4H,1,3H2,(H,8,10). The average molecular weight is 158 g/mol. The summed E-state index contributed by atoms with van der Waals surface area (Å²) in [5.41, 5.74) is -1.44. The Kier molecular flexibility index (Phi) is 2.20. The van der Waals surface area contributed by atoms with Gasteiger partial charge in [-0.15, -0.1) is 0 Å². The van der Waals surface area contributed by atoms with E-state index in [9.17, 15) is 14.0 Å². The van der Waals surface area contributed by atoms with Crippen LogP contribution in [0.25, 0.3) is 0 Å². The van der Waals surface area contributed by atoms with Crippen LogP contribution in [0.5, 0.6) is 0 Å². The van der Waals surface area contributed by atoms with Crippen molar-refractivity contribution in [2.75, 3.05) is 6.67 Å². The fraction of sp³-hybridized carbons (Fsp3) is 0.333. The van der Waals surface area contributed by atoms with E-state index in [0.29, 0.717) is 0 Å². The number of aryl methyl sites for hydroxylation is 1. The lowest BCUT2D eigenvalue weighted by Crippen LogP contribution is -2.35. The van der Waals surface area contributed by atoms with Crippen LogP contribution in [0, 0.1) is 0 Å². The van der Waals surface area contributed by atoms with Crippen molar-refractivity contribution in [1.29, 1.82) is 0 Å². The van der Waals surface area contributed by atoms with E-state index in [1.807, 2.05) is 0 Å². The number of H-pyrrole nitrogens is 1. The molecule has 5 heteroatoms. The predicted octanol–water partition coefficient (Wildman–Crippen LogP) is -0.494. The fourth-order valence-corrected chi connectivity index (χ4v) is 0.730. The summed E-state index contributed by atoms with van der Waals surface area (Å²) >= 11 is 0. The molecule has 0 aromatic carbocycles. The van der Waals surface area contributed by atoms with Crippen molar-refractivity contribution in [1.82, 2.24) is 9.55 Å². The van der Waals surface area contributed by atoms with E-state index in [0.717, 1.165) is 4.57 Å². The summed E-state index contributed by atoms with van der Waals surface area (Å²) in [5, 5.41) is 0. The van der Waals surface area contributed by atoms with Gasteiger partial charge in [0.05, 0.1) is 6.54 Å². The molecule has 1 heterocycles. The zero-order valence-corrected chi connectivity index (χ0v) is 5.71. The highest BCUT2D eigenvalue weighted by Gasteiger charge is 1.96. The van der Waals surface area contributed by atoms with Crippen LogP contribution in [0.4, 0.5) is 4.39 Å². The lowest BCUT2D eigenvalue weighted by atomic mass is 10.6. The first kappa shape index (κ1) is 7.71. The molecule has 0 aliphatic carbocycles. The highest BCUT2D eigenvalue weighted by Crippen LogP contribution is 1.76. The highest BCUT2D eigenvalue weighted by molar-refractivity contribution is 4.81. The molecule has 1 aromatic rings. The number of nitrogens with zero attached hydrogens (tertiary/aromatic N) is 1. The zero-order chi connectivity index (χ0) is 8.27. The molecule has 1 N–H and O–H groups in total. The van der Waals surface area contributed by atoms with Crippen molar-refractivity contribution in [2.45, 2.75) is 6.54 Å². The molecular weight excluding hydrogens is 151 g/mol. The number of aromatic nitrogens is 2. The van der Waals surface area contributed by atoms with E-state index >= 15 is 0 Å². The minimum absolute atomic E-state index is 0.0667. The second kappa shape index (κ2) is 3.14. The van der Waals surface area contributed by atoms with Crippen LogP contribution < -0.4 is 11.1 Å². The molecule has 0 atom stereocenters. The Morgan fingerprint density at radius 1 is 1.55 bits per heavy atom. The molecule has 0 aliphatic heterocycles. The second-order valence-electron chi connectivity index (χ2n) is 1.98. The maximum Gasteiger partial charge on any atom is 0.316 e. The van der Waals surface area contributed by atoms with E-state index < -0.39 is 17.8 Å². The molecule has 11 heavy (non-hydrogen) atoms. The van der Waals surface area contributed by atoms with Gasteiger partial charge in [-0.25, -0.2) is 4.39 Å². The molecule has 0 radical (unpaired) electrons. The number of aromatic amines is 1. The van der Waals surface area contributed by atoms with Crippen molar-refractivity contribution in [3.05, 3.63) is 33.1 Å². The Morgan fingerprint density at radius 3 is 2.91 bits per heavy atom. The number of nitrogens with one attached hydrogen (secondary N) is 1. The van der Waals surface area contributed by atoms with Crippen molar-refractivity contribution in [3.8, 4) is 0 Å². The molecule has 0 aliphatic rings. The van der Waals surface area contributed by atoms with Gasteiger partial charge in [0.1, 0.15) is 6.67 Å². The third kappa shape index (κ3) is 1.54. The molecule has 1 aromatic heterocycles. The summed E-state index contributed by atoms with van der Waals surface area (Å²) < 4.78 is 12.7. The Morgan fingerprint density at radius 2 is 2.27 bits per heavy atom. The van der Waals surface area contributed by atoms with Crippen LogP contribution in [0.2, 0.25) is 0 Å². The summed E-state index contributed by atoms with van der Waals surface area (Å²) in [6.45, 7) is -0.716. The number of alkyl halides is 1. The molecular formula is C6H7FN2O2. The van der Waals surface area contributed by atoms with E-state index in [-0.39, 0.29) is 6.54 Å². The molecule has 0 saturated heterocycles. The van der Waals surface area contributed by atoms with Crippen LogP contribution in [-0.2, 0) is 6.54 Å². The quantitative estimate of drug-likeness (QED) is 0.590. The first-order valence-corrected chi connectivity index (χ1v) is 3.10. The minimum Gasteiger partial charge on any atom is -0.323 e. The number of halogens is 1. The monoisotopic (exact) mass is 158 g/mol. The van der Waals surface area contributed by atoms with E-state index in [1.54, 1.807) is 0 Å². The molecule has 0 spiro atoms. The van der Waals surface area contributed by atoms with Crippen molar-refractivity contribution < 1.29 is 4.39 Å². The molecule has 4 nitrogen and oxygen atoms in total. The Hall–Kier alpha value is -1.39. The topological polar surface area (TPSA) is 54.9 Å². The van der Waals surface area contributed by atoms with Crippen molar-refractivity contribution in [2.24, 2.45) is 0 Å². The Bertz CT molecular complexity index is 341. The lowest BCUT2D eigenvalue weighted by Gasteiger charge is -1.97. The summed E-state index contributed by atoms with van der Waals surface area (Å²) in [7, 11) is 0. The second-order valence-corrected chi connectivity index (χ2v) is 1.98. The number of hydrogen-bond acceptors (Lipinski definition) is 2. The maximum atomic E-state index is 11.7. The molecule has 1 rings (SSSR count). The lowest BCUT2D eigenvalue weighted by molar-refractivity contribution is 0.438. The highest BCUT2D eigenvalue weighted by atomic mass is 19.1.